The van der Waals surface area contributed by atoms with Gasteiger partial charge in [0, 0.05) is 11.5 Å². The Morgan fingerprint density at radius 3 is 2.45 bits per heavy atom. The predicted octanol–water partition coefficient (Wildman–Crippen LogP) is 0.225. The Bertz CT molecular complexity index is 133. The second kappa shape index (κ2) is 6.86. The summed E-state index contributed by atoms with van der Waals surface area (Å²) >= 11 is 7.91. The first-order valence-corrected chi connectivity index (χ1v) is 4.47. The van der Waals surface area contributed by atoms with Crippen molar-refractivity contribution in [2.75, 3.05) is 18.1 Å². The Balaban J connectivity index is 3.67. The number of thiol groups is 2. The van der Waals surface area contributed by atoms with Gasteiger partial charge in [-0.05, 0) is 0 Å². The third kappa shape index (κ3) is 4.59. The summed E-state index contributed by atoms with van der Waals surface area (Å²) in [6, 6.07) is 0. The molecule has 0 saturated carbocycles. The van der Waals surface area contributed by atoms with Crippen LogP contribution in [0.5, 0.6) is 0 Å². The van der Waals surface area contributed by atoms with E-state index in [-0.39, 0.29) is 12.7 Å². The van der Waals surface area contributed by atoms with Crippen LogP contribution in [0.15, 0.2) is 0 Å². The molecule has 0 saturated heterocycles. The molecule has 11 heavy (non-hydrogen) atoms. The first kappa shape index (κ1) is 11.2. The van der Waals surface area contributed by atoms with Crippen LogP contribution in [0, 0.1) is 12.3 Å². The van der Waals surface area contributed by atoms with Gasteiger partial charge in [-0.25, -0.2) is 0 Å². The molecule has 0 radical (unpaired) electrons. The van der Waals surface area contributed by atoms with Crippen molar-refractivity contribution in [3.05, 3.63) is 0 Å². The Morgan fingerprint density at radius 1 is 1.45 bits per heavy atom. The first-order valence-electron chi connectivity index (χ1n) is 3.21. The van der Waals surface area contributed by atoms with E-state index in [9.17, 15) is 5.11 Å². The monoisotopic (exact) mass is 192 g/mol. The van der Waals surface area contributed by atoms with Gasteiger partial charge in [0.05, 0.1) is 12.2 Å². The Labute approximate surface area is 78.1 Å². The number of aliphatic hydroxyl groups excluding tert-OH is 1. The lowest BCUT2D eigenvalue weighted by molar-refractivity contribution is 0.00173. The molecule has 0 heterocycles. The number of ether oxygens (including phenoxy) is 1. The van der Waals surface area contributed by atoms with E-state index in [1.807, 2.05) is 0 Å². The molecule has 4 heteroatoms. The van der Waals surface area contributed by atoms with Crippen molar-refractivity contribution >= 4 is 25.3 Å². The highest BCUT2D eigenvalue weighted by Gasteiger charge is 2.15. The van der Waals surface area contributed by atoms with Crippen LogP contribution in [0.25, 0.3) is 0 Å². The summed E-state index contributed by atoms with van der Waals surface area (Å²) in [6.07, 6.45) is 4.07. The average molecular weight is 192 g/mol. The fraction of sp³-hybridized carbons (Fsp3) is 0.714. The second-order valence-electron chi connectivity index (χ2n) is 1.99. The molecule has 0 aliphatic carbocycles. The summed E-state index contributed by atoms with van der Waals surface area (Å²) in [5, 5.41) is 9.23. The van der Waals surface area contributed by atoms with Gasteiger partial charge in [0.1, 0.15) is 6.61 Å². The van der Waals surface area contributed by atoms with Crippen LogP contribution < -0.4 is 0 Å². The number of hydrogen-bond donors (Lipinski definition) is 3. The number of hydrogen-bond acceptors (Lipinski definition) is 4. The van der Waals surface area contributed by atoms with Gasteiger partial charge in [-0.3, -0.25) is 0 Å². The zero-order valence-electron chi connectivity index (χ0n) is 6.10. The molecule has 64 valence electrons. The molecule has 2 atom stereocenters. The van der Waals surface area contributed by atoms with Crippen LogP contribution in [0.2, 0.25) is 0 Å². The van der Waals surface area contributed by atoms with Crippen LogP contribution in [0.4, 0.5) is 0 Å². The summed E-state index contributed by atoms with van der Waals surface area (Å²) in [4.78, 5) is 0. The van der Waals surface area contributed by atoms with E-state index in [2.05, 4.69) is 31.2 Å². The van der Waals surface area contributed by atoms with E-state index >= 15 is 0 Å². The smallest absolute Gasteiger partial charge is 0.108 e. The van der Waals surface area contributed by atoms with Crippen LogP contribution in [0.3, 0.4) is 0 Å². The maximum absolute atomic E-state index is 9.23. The fourth-order valence-corrected chi connectivity index (χ4v) is 1.14. The van der Waals surface area contributed by atoms with Crippen molar-refractivity contribution in [1.29, 1.82) is 0 Å². The second-order valence-corrected chi connectivity index (χ2v) is 2.72. The lowest BCUT2D eigenvalue weighted by Gasteiger charge is -2.18. The van der Waals surface area contributed by atoms with Crippen LogP contribution >= 0.6 is 25.3 Å². The van der Waals surface area contributed by atoms with Gasteiger partial charge in [-0.1, -0.05) is 5.92 Å². The van der Waals surface area contributed by atoms with Crippen molar-refractivity contribution < 1.29 is 9.84 Å². The quantitative estimate of drug-likeness (QED) is 0.430. The molecule has 0 unspecified atom stereocenters. The minimum Gasteiger partial charge on any atom is -0.390 e. The van der Waals surface area contributed by atoms with E-state index in [1.165, 1.54) is 0 Å². The molecule has 2 nitrogen and oxygen atoms in total. The van der Waals surface area contributed by atoms with Crippen molar-refractivity contribution in [3.8, 4) is 12.3 Å². The maximum Gasteiger partial charge on any atom is 0.108 e. The van der Waals surface area contributed by atoms with Gasteiger partial charge in [-0.15, -0.1) is 6.42 Å². The first-order chi connectivity index (χ1) is 5.26. The van der Waals surface area contributed by atoms with Crippen molar-refractivity contribution in [3.63, 3.8) is 0 Å². The van der Waals surface area contributed by atoms with Gasteiger partial charge < -0.3 is 9.84 Å². The minimum atomic E-state index is -0.593. The number of terminal acetylenes is 1. The summed E-state index contributed by atoms with van der Waals surface area (Å²) in [5.41, 5.74) is 0. The molecule has 0 aromatic rings. The van der Waals surface area contributed by atoms with Gasteiger partial charge in [-0.2, -0.15) is 25.3 Å². The molecule has 0 amide bonds. The van der Waals surface area contributed by atoms with E-state index < -0.39 is 6.10 Å². The molecule has 0 aromatic carbocycles. The summed E-state index contributed by atoms with van der Waals surface area (Å²) < 4.78 is 5.08. The summed E-state index contributed by atoms with van der Waals surface area (Å²) in [7, 11) is 0. The van der Waals surface area contributed by atoms with Crippen LogP contribution in [-0.4, -0.2) is 35.4 Å². The molecule has 0 fully saturated rings. The van der Waals surface area contributed by atoms with Crippen molar-refractivity contribution in [2.24, 2.45) is 0 Å². The highest BCUT2D eigenvalue weighted by atomic mass is 32.1. The topological polar surface area (TPSA) is 29.5 Å². The zero-order valence-corrected chi connectivity index (χ0v) is 7.89. The predicted molar refractivity (Wildman–Crippen MR) is 52.3 cm³/mol. The molecular weight excluding hydrogens is 180 g/mol. The molecule has 0 aliphatic rings. The fourth-order valence-electron chi connectivity index (χ4n) is 0.558. The molecule has 1 N–H and O–H groups in total. The average Bonchev–Trinajstić information content (AvgIpc) is 2.05. The van der Waals surface area contributed by atoms with Gasteiger partial charge in [0.25, 0.3) is 0 Å². The summed E-state index contributed by atoms with van der Waals surface area (Å²) in [5.74, 6) is 3.12. The van der Waals surface area contributed by atoms with E-state index in [1.54, 1.807) is 0 Å². The highest BCUT2D eigenvalue weighted by Crippen LogP contribution is 2.03. The molecule has 0 bridgehead atoms. The maximum atomic E-state index is 9.23. The normalized spacial score (nSPS) is 15.5. The zero-order chi connectivity index (χ0) is 8.69. The van der Waals surface area contributed by atoms with Crippen molar-refractivity contribution in [2.45, 2.75) is 12.2 Å². The number of rotatable bonds is 5. The van der Waals surface area contributed by atoms with Crippen molar-refractivity contribution in [1.82, 2.24) is 0 Å². The third-order valence-electron chi connectivity index (χ3n) is 1.18. The standard InChI is InChI=1S/C7H12O2S2/c1-2-3-9-7(5-11)6(8)4-10/h1,6-8,10-11H,3-5H2/t6-,7-/m1/s1. The Hall–Kier alpha value is 0.180. The van der Waals surface area contributed by atoms with E-state index in [4.69, 9.17) is 11.2 Å². The van der Waals surface area contributed by atoms with E-state index in [0.29, 0.717) is 11.5 Å². The Kier molecular flexibility index (Phi) is 6.98. The van der Waals surface area contributed by atoms with E-state index in [0.717, 1.165) is 0 Å². The molecule has 0 rings (SSSR count). The van der Waals surface area contributed by atoms with Gasteiger partial charge in [0.2, 0.25) is 0 Å². The number of aliphatic hydroxyl groups is 1. The minimum absolute atomic E-state index is 0.204. The third-order valence-corrected chi connectivity index (χ3v) is 1.91. The largest absolute Gasteiger partial charge is 0.390 e. The molecule has 0 aromatic heterocycles. The van der Waals surface area contributed by atoms with Crippen LogP contribution in [-0.2, 0) is 4.74 Å². The van der Waals surface area contributed by atoms with Gasteiger partial charge in [0.15, 0.2) is 0 Å². The highest BCUT2D eigenvalue weighted by molar-refractivity contribution is 7.80. The Morgan fingerprint density at radius 2 is 2.09 bits per heavy atom. The van der Waals surface area contributed by atoms with Gasteiger partial charge >= 0.3 is 0 Å². The SMILES string of the molecule is C#CCO[C@H](CS)[C@H](O)CS. The molecular formula is C7H12O2S2. The lowest BCUT2D eigenvalue weighted by Crippen LogP contribution is -2.32. The summed E-state index contributed by atoms with van der Waals surface area (Å²) in [6.45, 7) is 0.204. The molecule has 0 aliphatic heterocycles. The molecule has 0 spiro atoms. The van der Waals surface area contributed by atoms with Crippen LogP contribution in [0.1, 0.15) is 0 Å². The lowest BCUT2D eigenvalue weighted by atomic mass is 10.2.